The zero-order chi connectivity index (χ0) is 31.0. The van der Waals surface area contributed by atoms with Crippen LogP contribution in [0.3, 0.4) is 0 Å². The number of likely N-dealkylation sites (N-methyl/N-ethyl adjacent to an activating group) is 1. The number of ether oxygens (including phenoxy) is 4. The van der Waals surface area contributed by atoms with Gasteiger partial charge in [0, 0.05) is 13.5 Å². The molecule has 5 unspecified atom stereocenters. The lowest BCUT2D eigenvalue weighted by molar-refractivity contribution is -0.157. The lowest BCUT2D eigenvalue weighted by atomic mass is 9.73. The number of hydrogen-bond acceptors (Lipinski definition) is 6. The minimum absolute atomic E-state index is 0.101. The van der Waals surface area contributed by atoms with E-state index in [1.807, 2.05) is 88.4 Å². The van der Waals surface area contributed by atoms with Crippen LogP contribution in [0.4, 0.5) is 4.79 Å². The van der Waals surface area contributed by atoms with Crippen LogP contribution in [0, 0.1) is 5.41 Å². The Kier molecular flexibility index (Phi) is 12.0. The monoisotopic (exact) mass is 583 g/mol. The maximum atomic E-state index is 13.4. The molecule has 0 radical (unpaired) electrons. The molecule has 42 heavy (non-hydrogen) atoms. The van der Waals surface area contributed by atoms with E-state index in [0.29, 0.717) is 19.6 Å². The van der Waals surface area contributed by atoms with E-state index in [4.69, 9.17) is 18.9 Å². The third-order valence-corrected chi connectivity index (χ3v) is 8.46. The molecule has 234 valence electrons. The Labute approximate surface area is 253 Å². The molecule has 0 saturated heterocycles. The zero-order valence-corrected chi connectivity index (χ0v) is 27.0. The van der Waals surface area contributed by atoms with Gasteiger partial charge in [-0.2, -0.15) is 0 Å². The second kappa shape index (κ2) is 14.8. The lowest BCUT2D eigenvalue weighted by Gasteiger charge is -2.42. The van der Waals surface area contributed by atoms with Crippen LogP contribution in [0.1, 0.15) is 85.3 Å². The zero-order valence-electron chi connectivity index (χ0n) is 27.0. The first-order valence-electron chi connectivity index (χ1n) is 15.3. The predicted octanol–water partition coefficient (Wildman–Crippen LogP) is 7.15. The Bertz CT molecular complexity index is 1080. The molecule has 5 atom stereocenters. The molecule has 2 aromatic rings. The first kappa shape index (κ1) is 34.0. The van der Waals surface area contributed by atoms with Gasteiger partial charge in [0.1, 0.15) is 11.7 Å². The van der Waals surface area contributed by atoms with Gasteiger partial charge in [0.05, 0.1) is 43.7 Å². The van der Waals surface area contributed by atoms with Crippen molar-refractivity contribution in [2.75, 3.05) is 13.7 Å². The number of hydrogen-bond donors (Lipinski definition) is 1. The topological polar surface area (TPSA) is 77.5 Å². The molecule has 3 rings (SSSR count). The van der Waals surface area contributed by atoms with Gasteiger partial charge in [-0.25, -0.2) is 4.79 Å². The smallest absolute Gasteiger partial charge is 0.410 e. The first-order valence-corrected chi connectivity index (χ1v) is 15.3. The van der Waals surface area contributed by atoms with Crippen molar-refractivity contribution in [1.82, 2.24) is 4.90 Å². The summed E-state index contributed by atoms with van der Waals surface area (Å²) in [6.45, 7) is 14.6. The molecule has 0 spiro atoms. The molecule has 1 saturated carbocycles. The highest BCUT2D eigenvalue weighted by molar-refractivity contribution is 5.68. The molecule has 0 bridgehead atoms. The fourth-order valence-corrected chi connectivity index (χ4v) is 5.29. The molecule has 0 aromatic heterocycles. The van der Waals surface area contributed by atoms with E-state index in [9.17, 15) is 9.90 Å². The fraction of sp³-hybridized carbons (Fsp3) is 0.629. The van der Waals surface area contributed by atoms with Gasteiger partial charge in [-0.05, 0) is 50.7 Å². The van der Waals surface area contributed by atoms with Gasteiger partial charge >= 0.3 is 6.09 Å². The van der Waals surface area contributed by atoms with Crippen molar-refractivity contribution in [1.29, 1.82) is 0 Å². The quantitative estimate of drug-likeness (QED) is 0.255. The van der Waals surface area contributed by atoms with Gasteiger partial charge in [-0.3, -0.25) is 0 Å². The van der Waals surface area contributed by atoms with Crippen LogP contribution in [-0.2, 0) is 32.2 Å². The van der Waals surface area contributed by atoms with E-state index in [1.165, 1.54) is 0 Å². The molecular weight excluding hydrogens is 530 g/mol. The summed E-state index contributed by atoms with van der Waals surface area (Å²) in [5, 5.41) is 11.6. The molecule has 1 aliphatic rings. The number of carbonyl (C=O) groups excluding carboxylic acids is 1. The Balaban J connectivity index is 1.90. The molecule has 0 heterocycles. The van der Waals surface area contributed by atoms with Gasteiger partial charge in [0.2, 0.25) is 0 Å². The third kappa shape index (κ3) is 9.53. The molecule has 1 aliphatic carbocycles. The molecule has 7 heteroatoms. The number of unbranched alkanes of at least 4 members (excludes halogenated alkanes) is 1. The second-order valence-electron chi connectivity index (χ2n) is 13.5. The molecule has 0 aliphatic heterocycles. The predicted molar refractivity (Wildman–Crippen MR) is 166 cm³/mol. The summed E-state index contributed by atoms with van der Waals surface area (Å²) >= 11 is 0. The third-order valence-electron chi connectivity index (χ3n) is 8.46. The van der Waals surface area contributed by atoms with E-state index in [1.54, 1.807) is 11.9 Å². The molecular formula is C35H53NO6. The highest BCUT2D eigenvalue weighted by Gasteiger charge is 2.51. The van der Waals surface area contributed by atoms with Crippen molar-refractivity contribution in [3.05, 3.63) is 71.8 Å². The summed E-state index contributed by atoms with van der Waals surface area (Å²) in [5.41, 5.74) is -0.0173. The Morgan fingerprint density at radius 1 is 0.857 bits per heavy atom. The molecule has 2 aromatic carbocycles. The van der Waals surface area contributed by atoms with Gasteiger partial charge in [0.25, 0.3) is 0 Å². The average molecular weight is 584 g/mol. The standard InChI is InChI=1S/C35H53NO6/c1-9-10-21-34(5,6)35(7,38)25-41-31-29(40-24-27-19-15-12-16-20-27)22-28(39-23-26-17-13-11-14-18-26)30(31)36(8)32(37)42-33(2,3)4/h11-20,28-31,38H,9-10,21-25H2,1-8H3. The molecule has 1 N–H and O–H groups in total. The van der Waals surface area contributed by atoms with Crippen molar-refractivity contribution in [3.8, 4) is 0 Å². The highest BCUT2D eigenvalue weighted by Crippen LogP contribution is 2.39. The lowest BCUT2D eigenvalue weighted by Crippen LogP contribution is -2.54. The summed E-state index contributed by atoms with van der Waals surface area (Å²) in [6, 6.07) is 19.5. The van der Waals surface area contributed by atoms with Gasteiger partial charge in [-0.15, -0.1) is 0 Å². The number of amides is 1. The Hall–Kier alpha value is -2.45. The normalized spacial score (nSPS) is 22.5. The van der Waals surface area contributed by atoms with Crippen LogP contribution in [0.2, 0.25) is 0 Å². The van der Waals surface area contributed by atoms with Crippen molar-refractivity contribution >= 4 is 6.09 Å². The van der Waals surface area contributed by atoms with Crippen LogP contribution in [0.15, 0.2) is 60.7 Å². The number of carbonyl (C=O) groups is 1. The Morgan fingerprint density at radius 3 is 1.88 bits per heavy atom. The van der Waals surface area contributed by atoms with Crippen molar-refractivity contribution in [3.63, 3.8) is 0 Å². The number of nitrogens with zero attached hydrogens (tertiary/aromatic N) is 1. The van der Waals surface area contributed by atoms with Crippen LogP contribution in [0.25, 0.3) is 0 Å². The minimum atomic E-state index is -1.09. The Morgan fingerprint density at radius 2 is 1.38 bits per heavy atom. The van der Waals surface area contributed by atoms with Crippen LogP contribution in [0.5, 0.6) is 0 Å². The van der Waals surface area contributed by atoms with Gasteiger partial charge in [0.15, 0.2) is 0 Å². The number of aliphatic hydroxyl groups is 1. The summed E-state index contributed by atoms with van der Waals surface area (Å²) in [6.07, 6.45) is 1.76. The van der Waals surface area contributed by atoms with Crippen molar-refractivity contribution in [2.45, 2.75) is 123 Å². The van der Waals surface area contributed by atoms with Crippen molar-refractivity contribution in [2.24, 2.45) is 5.41 Å². The maximum absolute atomic E-state index is 13.4. The largest absolute Gasteiger partial charge is 0.444 e. The minimum Gasteiger partial charge on any atom is -0.444 e. The van der Waals surface area contributed by atoms with Gasteiger partial charge in [-0.1, -0.05) is 94.3 Å². The number of benzene rings is 2. The van der Waals surface area contributed by atoms with E-state index < -0.39 is 29.4 Å². The van der Waals surface area contributed by atoms with Gasteiger partial charge < -0.3 is 29.0 Å². The highest BCUT2D eigenvalue weighted by atomic mass is 16.6. The summed E-state index contributed by atoms with van der Waals surface area (Å²) in [5.74, 6) is 0. The molecule has 1 amide bonds. The summed E-state index contributed by atoms with van der Waals surface area (Å²) in [7, 11) is 1.73. The summed E-state index contributed by atoms with van der Waals surface area (Å²) < 4.78 is 25.4. The summed E-state index contributed by atoms with van der Waals surface area (Å²) in [4.78, 5) is 15.0. The first-order chi connectivity index (χ1) is 19.7. The van der Waals surface area contributed by atoms with E-state index in [2.05, 4.69) is 20.8 Å². The van der Waals surface area contributed by atoms with E-state index >= 15 is 0 Å². The number of rotatable bonds is 14. The SMILES string of the molecule is CCCCC(C)(C)C(C)(O)COC1C(OCc2ccccc2)CC(OCc2ccccc2)C1N(C)C(=O)OC(C)(C)C. The van der Waals surface area contributed by atoms with Crippen LogP contribution in [-0.4, -0.2) is 65.3 Å². The molecule has 1 fully saturated rings. The van der Waals surface area contributed by atoms with Crippen molar-refractivity contribution < 1.29 is 28.8 Å². The maximum Gasteiger partial charge on any atom is 0.410 e. The molecule has 7 nitrogen and oxygen atoms in total. The van der Waals surface area contributed by atoms with E-state index in [-0.39, 0.29) is 24.2 Å². The van der Waals surface area contributed by atoms with Crippen LogP contribution < -0.4 is 0 Å². The second-order valence-corrected chi connectivity index (χ2v) is 13.5. The van der Waals surface area contributed by atoms with E-state index in [0.717, 1.165) is 30.4 Å². The fourth-order valence-electron chi connectivity index (χ4n) is 5.29. The van der Waals surface area contributed by atoms with Crippen LogP contribution >= 0.6 is 0 Å². The average Bonchev–Trinajstić information content (AvgIpc) is 3.29.